The van der Waals surface area contributed by atoms with E-state index in [-0.39, 0.29) is 6.03 Å². The molecule has 0 aliphatic carbocycles. The van der Waals surface area contributed by atoms with Gasteiger partial charge in [-0.15, -0.1) is 0 Å². The molecule has 3 N–H and O–H groups in total. The number of benzene rings is 1. The molecule has 2 aromatic heterocycles. The topological polar surface area (TPSA) is 87.6 Å². The fraction of sp³-hybridized carbons (Fsp3) is 0.235. The summed E-state index contributed by atoms with van der Waals surface area (Å²) in [6.45, 7) is 3.65. The number of hydrogen-bond acceptors (Lipinski definition) is 3. The van der Waals surface area contributed by atoms with Gasteiger partial charge in [-0.05, 0) is 24.1 Å². The molecule has 0 unspecified atom stereocenters. The van der Waals surface area contributed by atoms with Crippen molar-refractivity contribution >= 4 is 6.03 Å². The summed E-state index contributed by atoms with van der Waals surface area (Å²) < 4.78 is 2.09. The van der Waals surface area contributed by atoms with Crippen LogP contribution in [-0.2, 0) is 19.6 Å². The average Bonchev–Trinajstić information content (AvgIpc) is 3.24. The molecule has 2 amide bonds. The number of hydrogen-bond donors (Lipinski definition) is 3. The van der Waals surface area contributed by atoms with Crippen LogP contribution in [0.2, 0.25) is 0 Å². The van der Waals surface area contributed by atoms with Crippen LogP contribution in [0.1, 0.15) is 22.6 Å². The van der Waals surface area contributed by atoms with E-state index in [1.54, 1.807) is 12.4 Å². The van der Waals surface area contributed by atoms with Gasteiger partial charge in [0.25, 0.3) is 0 Å². The Bertz CT molecular complexity index is 793. The fourth-order valence-electron chi connectivity index (χ4n) is 2.41. The van der Waals surface area contributed by atoms with Crippen LogP contribution in [0.3, 0.4) is 0 Å². The first-order chi connectivity index (χ1) is 11.7. The molecule has 24 heavy (non-hydrogen) atoms. The highest BCUT2D eigenvalue weighted by molar-refractivity contribution is 5.73. The van der Waals surface area contributed by atoms with Crippen molar-refractivity contribution in [1.29, 1.82) is 0 Å². The SMILES string of the molecule is Cc1nccn1Cc1cccc(CNC(=O)NCc2ccn[nH]2)c1. The number of carbonyl (C=O) groups excluding carboxylic acids is 1. The Morgan fingerprint density at radius 3 is 2.75 bits per heavy atom. The van der Waals surface area contributed by atoms with E-state index in [2.05, 4.69) is 42.5 Å². The minimum absolute atomic E-state index is 0.208. The predicted octanol–water partition coefficient (Wildman–Crippen LogP) is 1.96. The van der Waals surface area contributed by atoms with Gasteiger partial charge in [0.2, 0.25) is 0 Å². The number of urea groups is 1. The minimum Gasteiger partial charge on any atom is -0.334 e. The van der Waals surface area contributed by atoms with E-state index < -0.39 is 0 Å². The molecule has 2 heterocycles. The molecule has 0 radical (unpaired) electrons. The number of aryl methyl sites for hydroxylation is 1. The van der Waals surface area contributed by atoms with Gasteiger partial charge in [0.15, 0.2) is 0 Å². The summed E-state index contributed by atoms with van der Waals surface area (Å²) in [6.07, 6.45) is 5.41. The van der Waals surface area contributed by atoms with Crippen molar-refractivity contribution in [2.75, 3.05) is 0 Å². The normalized spacial score (nSPS) is 10.5. The molecule has 0 aliphatic rings. The van der Waals surface area contributed by atoms with Crippen LogP contribution in [0.4, 0.5) is 4.79 Å². The van der Waals surface area contributed by atoms with Crippen molar-refractivity contribution in [1.82, 2.24) is 30.4 Å². The summed E-state index contributed by atoms with van der Waals surface area (Å²) in [5.41, 5.74) is 3.10. The third-order valence-electron chi connectivity index (χ3n) is 3.72. The van der Waals surface area contributed by atoms with Crippen LogP contribution in [0.15, 0.2) is 48.9 Å². The lowest BCUT2D eigenvalue weighted by molar-refractivity contribution is 0.240. The van der Waals surface area contributed by atoms with Gasteiger partial charge in [-0.2, -0.15) is 5.10 Å². The molecule has 124 valence electrons. The number of aromatic nitrogens is 4. The Morgan fingerprint density at radius 1 is 1.17 bits per heavy atom. The van der Waals surface area contributed by atoms with Crippen LogP contribution in [0, 0.1) is 6.92 Å². The Labute approximate surface area is 140 Å². The molecule has 0 atom stereocenters. The maximum absolute atomic E-state index is 11.8. The molecule has 0 bridgehead atoms. The van der Waals surface area contributed by atoms with Gasteiger partial charge < -0.3 is 15.2 Å². The van der Waals surface area contributed by atoms with Gasteiger partial charge in [-0.3, -0.25) is 5.10 Å². The second-order valence-electron chi connectivity index (χ2n) is 5.54. The largest absolute Gasteiger partial charge is 0.334 e. The highest BCUT2D eigenvalue weighted by atomic mass is 16.2. The highest BCUT2D eigenvalue weighted by Crippen LogP contribution is 2.08. The lowest BCUT2D eigenvalue weighted by Gasteiger charge is -2.09. The lowest BCUT2D eigenvalue weighted by Crippen LogP contribution is -2.34. The molecule has 0 fully saturated rings. The Kier molecular flexibility index (Phi) is 4.90. The Hall–Kier alpha value is -3.09. The Balaban J connectivity index is 1.51. The second kappa shape index (κ2) is 7.45. The number of H-pyrrole nitrogens is 1. The monoisotopic (exact) mass is 324 g/mol. The molecule has 7 nitrogen and oxygen atoms in total. The van der Waals surface area contributed by atoms with Crippen LogP contribution in [0.5, 0.6) is 0 Å². The highest BCUT2D eigenvalue weighted by Gasteiger charge is 2.03. The van der Waals surface area contributed by atoms with Crippen LogP contribution in [0.25, 0.3) is 0 Å². The summed E-state index contributed by atoms with van der Waals surface area (Å²) in [5, 5.41) is 12.3. The van der Waals surface area contributed by atoms with Crippen LogP contribution in [-0.4, -0.2) is 25.8 Å². The van der Waals surface area contributed by atoms with E-state index >= 15 is 0 Å². The molecule has 3 rings (SSSR count). The first-order valence-corrected chi connectivity index (χ1v) is 7.76. The van der Waals surface area contributed by atoms with Crippen molar-refractivity contribution in [3.05, 3.63) is 71.6 Å². The number of imidazole rings is 1. The smallest absolute Gasteiger partial charge is 0.315 e. The van der Waals surface area contributed by atoms with Crippen molar-refractivity contribution < 1.29 is 4.79 Å². The summed E-state index contributed by atoms with van der Waals surface area (Å²) in [6, 6.07) is 9.78. The summed E-state index contributed by atoms with van der Waals surface area (Å²) in [7, 11) is 0. The van der Waals surface area contributed by atoms with Crippen molar-refractivity contribution in [3.8, 4) is 0 Å². The van der Waals surface area contributed by atoms with Gasteiger partial charge in [0, 0.05) is 31.7 Å². The molecule has 3 aromatic rings. The lowest BCUT2D eigenvalue weighted by atomic mass is 10.1. The van der Waals surface area contributed by atoms with Crippen molar-refractivity contribution in [3.63, 3.8) is 0 Å². The zero-order valence-corrected chi connectivity index (χ0v) is 13.5. The average molecular weight is 324 g/mol. The summed E-state index contributed by atoms with van der Waals surface area (Å²) in [4.78, 5) is 16.1. The number of nitrogens with zero attached hydrogens (tertiary/aromatic N) is 3. The van der Waals surface area contributed by atoms with Crippen molar-refractivity contribution in [2.24, 2.45) is 0 Å². The number of amides is 2. The quantitative estimate of drug-likeness (QED) is 0.648. The maximum Gasteiger partial charge on any atom is 0.315 e. The zero-order chi connectivity index (χ0) is 16.8. The second-order valence-corrected chi connectivity index (χ2v) is 5.54. The van der Waals surface area contributed by atoms with Crippen LogP contribution >= 0.6 is 0 Å². The molecule has 0 spiro atoms. The molecule has 0 saturated heterocycles. The van der Waals surface area contributed by atoms with Gasteiger partial charge in [0.1, 0.15) is 5.82 Å². The third-order valence-corrected chi connectivity index (χ3v) is 3.72. The number of carbonyl (C=O) groups is 1. The number of nitrogens with one attached hydrogen (secondary N) is 3. The number of rotatable bonds is 6. The first kappa shape index (κ1) is 15.8. The molecule has 0 saturated carbocycles. The van der Waals surface area contributed by atoms with Gasteiger partial charge in [0.05, 0.1) is 12.2 Å². The Morgan fingerprint density at radius 2 is 2.00 bits per heavy atom. The minimum atomic E-state index is -0.208. The molecule has 1 aromatic carbocycles. The van der Waals surface area contributed by atoms with Gasteiger partial charge in [-0.1, -0.05) is 24.3 Å². The zero-order valence-electron chi connectivity index (χ0n) is 13.5. The van der Waals surface area contributed by atoms with E-state index in [0.29, 0.717) is 13.1 Å². The molecular weight excluding hydrogens is 304 g/mol. The van der Waals surface area contributed by atoms with Gasteiger partial charge in [-0.25, -0.2) is 9.78 Å². The number of aromatic amines is 1. The van der Waals surface area contributed by atoms with Gasteiger partial charge >= 0.3 is 6.03 Å². The fourth-order valence-corrected chi connectivity index (χ4v) is 2.41. The van der Waals surface area contributed by atoms with E-state index in [1.165, 1.54) is 5.56 Å². The maximum atomic E-state index is 11.8. The van der Waals surface area contributed by atoms with E-state index in [4.69, 9.17) is 0 Å². The standard InChI is InChI=1S/C17H20N6O/c1-13-18-7-8-23(13)12-15-4-2-3-14(9-15)10-19-17(24)20-11-16-5-6-21-22-16/h2-9H,10-12H2,1H3,(H,21,22)(H2,19,20,24). The predicted molar refractivity (Wildman–Crippen MR) is 90.2 cm³/mol. The van der Waals surface area contributed by atoms with Crippen molar-refractivity contribution in [2.45, 2.75) is 26.6 Å². The molecular formula is C17H20N6O. The summed E-state index contributed by atoms with van der Waals surface area (Å²) >= 11 is 0. The first-order valence-electron chi connectivity index (χ1n) is 7.76. The molecule has 0 aliphatic heterocycles. The summed E-state index contributed by atoms with van der Waals surface area (Å²) in [5.74, 6) is 0.983. The molecule has 7 heteroatoms. The third kappa shape index (κ3) is 4.22. The van der Waals surface area contributed by atoms with E-state index in [1.807, 2.05) is 31.3 Å². The van der Waals surface area contributed by atoms with Crippen LogP contribution < -0.4 is 10.6 Å². The van der Waals surface area contributed by atoms with E-state index in [9.17, 15) is 4.79 Å². The van der Waals surface area contributed by atoms with E-state index in [0.717, 1.165) is 23.6 Å².